The van der Waals surface area contributed by atoms with Crippen LogP contribution >= 0.6 is 0 Å². The van der Waals surface area contributed by atoms with Crippen molar-refractivity contribution in [3.05, 3.63) is 54.1 Å². The molecule has 0 saturated carbocycles. The molecule has 0 unspecified atom stereocenters. The van der Waals surface area contributed by atoms with Crippen molar-refractivity contribution in [1.82, 2.24) is 9.55 Å². The zero-order valence-electron chi connectivity index (χ0n) is 9.08. The number of hydrogen-bond acceptors (Lipinski definition) is 2. The third-order valence-corrected chi connectivity index (χ3v) is 3.45. The molecule has 1 aromatic heterocycles. The molecule has 0 spiro atoms. The molecule has 0 aliphatic heterocycles. The molecule has 1 heterocycles. The minimum Gasteiger partial charge on any atom is -0.333 e. The Labute approximate surface area is 94.9 Å². The van der Waals surface area contributed by atoms with E-state index in [1.165, 1.54) is 11.1 Å². The molecule has 2 atom stereocenters. The number of nitrogens with two attached hydrogens (primary N) is 1. The second-order valence-electron chi connectivity index (χ2n) is 4.34. The van der Waals surface area contributed by atoms with Crippen LogP contribution in [0.3, 0.4) is 0 Å². The Morgan fingerprint density at radius 1 is 1.31 bits per heavy atom. The number of aromatic nitrogens is 2. The first-order valence-electron chi connectivity index (χ1n) is 5.67. The van der Waals surface area contributed by atoms with Gasteiger partial charge in [-0.15, -0.1) is 0 Å². The van der Waals surface area contributed by atoms with Crippen molar-refractivity contribution in [2.45, 2.75) is 24.9 Å². The van der Waals surface area contributed by atoms with E-state index in [4.69, 9.17) is 5.73 Å². The normalized spacial score (nSPS) is 24.1. The fourth-order valence-corrected chi connectivity index (χ4v) is 2.58. The molecule has 0 radical (unpaired) electrons. The van der Waals surface area contributed by atoms with E-state index in [0.717, 1.165) is 12.8 Å². The topological polar surface area (TPSA) is 43.8 Å². The summed E-state index contributed by atoms with van der Waals surface area (Å²) in [6.07, 6.45) is 7.87. The van der Waals surface area contributed by atoms with E-state index < -0.39 is 0 Å². The molecule has 3 nitrogen and oxygen atoms in total. The van der Waals surface area contributed by atoms with Crippen molar-refractivity contribution in [3.63, 3.8) is 0 Å². The zero-order valence-corrected chi connectivity index (χ0v) is 9.08. The van der Waals surface area contributed by atoms with Gasteiger partial charge in [-0.3, -0.25) is 0 Å². The van der Waals surface area contributed by atoms with Gasteiger partial charge >= 0.3 is 0 Å². The van der Waals surface area contributed by atoms with E-state index in [1.807, 2.05) is 18.7 Å². The van der Waals surface area contributed by atoms with Crippen LogP contribution in [-0.2, 0) is 6.42 Å². The maximum Gasteiger partial charge on any atom is 0.0949 e. The quantitative estimate of drug-likeness (QED) is 0.788. The summed E-state index contributed by atoms with van der Waals surface area (Å²) >= 11 is 0. The maximum atomic E-state index is 6.33. The highest BCUT2D eigenvalue weighted by molar-refractivity contribution is 5.33. The van der Waals surface area contributed by atoms with Crippen LogP contribution in [0.5, 0.6) is 0 Å². The first-order valence-corrected chi connectivity index (χ1v) is 5.67. The van der Waals surface area contributed by atoms with Gasteiger partial charge in [0.2, 0.25) is 0 Å². The van der Waals surface area contributed by atoms with Crippen LogP contribution in [0, 0.1) is 0 Å². The summed E-state index contributed by atoms with van der Waals surface area (Å²) in [6.45, 7) is 0. The second-order valence-corrected chi connectivity index (χ2v) is 4.34. The van der Waals surface area contributed by atoms with Crippen LogP contribution < -0.4 is 5.73 Å². The Morgan fingerprint density at radius 2 is 2.19 bits per heavy atom. The first kappa shape index (κ1) is 9.60. The number of benzene rings is 1. The van der Waals surface area contributed by atoms with Gasteiger partial charge < -0.3 is 10.3 Å². The minimum absolute atomic E-state index is 0.0825. The van der Waals surface area contributed by atoms with Gasteiger partial charge in [-0.25, -0.2) is 4.98 Å². The van der Waals surface area contributed by atoms with Crippen LogP contribution in [0.2, 0.25) is 0 Å². The summed E-state index contributed by atoms with van der Waals surface area (Å²) in [7, 11) is 0. The van der Waals surface area contributed by atoms with Crippen LogP contribution in [0.1, 0.15) is 29.6 Å². The van der Waals surface area contributed by atoms with E-state index in [9.17, 15) is 0 Å². The van der Waals surface area contributed by atoms with Crippen LogP contribution in [0.15, 0.2) is 43.0 Å². The number of nitrogens with zero attached hydrogens (tertiary/aromatic N) is 2. The third-order valence-electron chi connectivity index (χ3n) is 3.45. The largest absolute Gasteiger partial charge is 0.333 e. The molecule has 1 aliphatic rings. The van der Waals surface area contributed by atoms with Crippen LogP contribution in [-0.4, -0.2) is 9.55 Å². The van der Waals surface area contributed by atoms with E-state index in [2.05, 4.69) is 33.8 Å². The Morgan fingerprint density at radius 3 is 3.00 bits per heavy atom. The summed E-state index contributed by atoms with van der Waals surface area (Å²) in [5.74, 6) is 0. The van der Waals surface area contributed by atoms with Crippen molar-refractivity contribution in [1.29, 1.82) is 0 Å². The predicted octanol–water partition coefficient (Wildman–Crippen LogP) is 2.07. The lowest BCUT2D eigenvalue weighted by Crippen LogP contribution is -2.29. The summed E-state index contributed by atoms with van der Waals surface area (Å²) in [5.41, 5.74) is 9.01. The van der Waals surface area contributed by atoms with Crippen molar-refractivity contribution in [2.75, 3.05) is 0 Å². The molecular weight excluding hydrogens is 198 g/mol. The third kappa shape index (κ3) is 1.44. The number of rotatable bonds is 1. The van der Waals surface area contributed by atoms with E-state index >= 15 is 0 Å². The minimum atomic E-state index is 0.0825. The molecular formula is C13H15N3. The maximum absolute atomic E-state index is 6.33. The van der Waals surface area contributed by atoms with Crippen molar-refractivity contribution in [3.8, 4) is 0 Å². The molecule has 16 heavy (non-hydrogen) atoms. The Bertz CT molecular complexity index is 476. The molecule has 0 saturated heterocycles. The molecule has 2 aromatic rings. The molecule has 2 N–H and O–H groups in total. The van der Waals surface area contributed by atoms with Gasteiger partial charge in [0.25, 0.3) is 0 Å². The second kappa shape index (κ2) is 3.76. The van der Waals surface area contributed by atoms with Crippen molar-refractivity contribution in [2.24, 2.45) is 5.73 Å². The lowest BCUT2D eigenvalue weighted by atomic mass is 9.84. The highest BCUT2D eigenvalue weighted by Gasteiger charge is 2.27. The molecule has 0 amide bonds. The SMILES string of the molecule is N[C@@H]1c2ccccc2CC[C@H]1n1ccnc1. The van der Waals surface area contributed by atoms with E-state index in [1.54, 1.807) is 0 Å². The Hall–Kier alpha value is -1.61. The van der Waals surface area contributed by atoms with Gasteiger partial charge in [-0.05, 0) is 24.0 Å². The summed E-state index contributed by atoms with van der Waals surface area (Å²) < 4.78 is 2.13. The number of hydrogen-bond donors (Lipinski definition) is 1. The summed E-state index contributed by atoms with van der Waals surface area (Å²) in [6, 6.07) is 8.90. The lowest BCUT2D eigenvalue weighted by molar-refractivity contribution is 0.370. The predicted molar refractivity (Wildman–Crippen MR) is 63.0 cm³/mol. The van der Waals surface area contributed by atoms with Gasteiger partial charge in [0, 0.05) is 12.4 Å². The number of imidazole rings is 1. The smallest absolute Gasteiger partial charge is 0.0949 e. The molecule has 1 aliphatic carbocycles. The van der Waals surface area contributed by atoms with Crippen molar-refractivity contribution >= 4 is 0 Å². The summed E-state index contributed by atoms with van der Waals surface area (Å²) in [5, 5.41) is 0. The molecule has 0 fully saturated rings. The number of fused-ring (bicyclic) bond motifs is 1. The Balaban J connectivity index is 1.98. The lowest BCUT2D eigenvalue weighted by Gasteiger charge is -2.31. The fraction of sp³-hybridized carbons (Fsp3) is 0.308. The average Bonchev–Trinajstić information content (AvgIpc) is 2.83. The molecule has 0 bridgehead atoms. The monoisotopic (exact) mass is 213 g/mol. The molecule has 3 heteroatoms. The molecule has 3 rings (SSSR count). The summed E-state index contributed by atoms with van der Waals surface area (Å²) in [4.78, 5) is 4.10. The molecule has 1 aromatic carbocycles. The van der Waals surface area contributed by atoms with Crippen LogP contribution in [0.4, 0.5) is 0 Å². The standard InChI is InChI=1S/C13H15N3/c14-13-11-4-2-1-3-10(11)5-6-12(13)16-8-7-15-9-16/h1-4,7-9,12-13H,5-6,14H2/t12-,13-/m1/s1. The Kier molecular flexibility index (Phi) is 2.26. The average molecular weight is 213 g/mol. The van der Waals surface area contributed by atoms with Gasteiger partial charge in [0.1, 0.15) is 0 Å². The van der Waals surface area contributed by atoms with Crippen LogP contribution in [0.25, 0.3) is 0 Å². The highest BCUT2D eigenvalue weighted by atomic mass is 15.1. The van der Waals surface area contributed by atoms with E-state index in [0.29, 0.717) is 6.04 Å². The molecule has 82 valence electrons. The highest BCUT2D eigenvalue weighted by Crippen LogP contribution is 2.35. The van der Waals surface area contributed by atoms with Gasteiger partial charge in [-0.1, -0.05) is 24.3 Å². The van der Waals surface area contributed by atoms with E-state index in [-0.39, 0.29) is 6.04 Å². The van der Waals surface area contributed by atoms with Crippen molar-refractivity contribution < 1.29 is 0 Å². The zero-order chi connectivity index (χ0) is 11.0. The van der Waals surface area contributed by atoms with Gasteiger partial charge in [0.15, 0.2) is 0 Å². The first-order chi connectivity index (χ1) is 7.86. The fourth-order valence-electron chi connectivity index (χ4n) is 2.58. The van der Waals surface area contributed by atoms with Gasteiger partial charge in [-0.2, -0.15) is 0 Å². The number of aryl methyl sites for hydroxylation is 1. The van der Waals surface area contributed by atoms with Gasteiger partial charge in [0.05, 0.1) is 18.4 Å².